The number of aryl methyl sites for hydroxylation is 1. The van der Waals surface area contributed by atoms with Gasteiger partial charge in [-0.15, -0.1) is 11.3 Å². The quantitative estimate of drug-likeness (QED) is 0.850. The lowest BCUT2D eigenvalue weighted by Gasteiger charge is -2.12. The van der Waals surface area contributed by atoms with Crippen molar-refractivity contribution in [3.63, 3.8) is 0 Å². The molecule has 6 heteroatoms. The SMILES string of the molecule is CCc1cnc(C(C)NC(=O)c2ccc(Cl)cc2Br)s1. The highest BCUT2D eigenvalue weighted by atomic mass is 79.9. The van der Waals surface area contributed by atoms with Crippen molar-refractivity contribution in [2.45, 2.75) is 26.3 Å². The molecule has 1 amide bonds. The third-order valence-electron chi connectivity index (χ3n) is 2.81. The van der Waals surface area contributed by atoms with Crippen molar-refractivity contribution < 1.29 is 4.79 Å². The van der Waals surface area contributed by atoms with Gasteiger partial charge in [-0.1, -0.05) is 18.5 Å². The first-order valence-electron chi connectivity index (χ1n) is 6.21. The zero-order valence-corrected chi connectivity index (χ0v) is 14.3. The number of benzene rings is 1. The van der Waals surface area contributed by atoms with E-state index in [1.807, 2.05) is 13.1 Å². The number of halogens is 2. The Morgan fingerprint density at radius 3 is 2.90 bits per heavy atom. The summed E-state index contributed by atoms with van der Waals surface area (Å²) in [6.45, 7) is 4.02. The van der Waals surface area contributed by atoms with Gasteiger partial charge in [-0.05, 0) is 47.5 Å². The van der Waals surface area contributed by atoms with Gasteiger partial charge in [0.2, 0.25) is 0 Å². The number of carbonyl (C=O) groups excluding carboxylic acids is 1. The van der Waals surface area contributed by atoms with Crippen LogP contribution in [-0.2, 0) is 6.42 Å². The van der Waals surface area contributed by atoms with E-state index < -0.39 is 0 Å². The summed E-state index contributed by atoms with van der Waals surface area (Å²) in [5.74, 6) is -0.144. The second kappa shape index (κ2) is 6.70. The summed E-state index contributed by atoms with van der Waals surface area (Å²) in [5.41, 5.74) is 0.563. The smallest absolute Gasteiger partial charge is 0.252 e. The van der Waals surface area contributed by atoms with Crippen LogP contribution in [0.25, 0.3) is 0 Å². The van der Waals surface area contributed by atoms with Crippen LogP contribution in [0, 0.1) is 0 Å². The van der Waals surface area contributed by atoms with E-state index in [1.165, 1.54) is 4.88 Å². The number of thiazole rings is 1. The number of aromatic nitrogens is 1. The lowest BCUT2D eigenvalue weighted by Crippen LogP contribution is -2.26. The van der Waals surface area contributed by atoms with Gasteiger partial charge in [0, 0.05) is 20.6 Å². The van der Waals surface area contributed by atoms with Crippen LogP contribution in [0.2, 0.25) is 5.02 Å². The second-order valence-electron chi connectivity index (χ2n) is 4.34. The Kier molecular flexibility index (Phi) is 5.18. The average molecular weight is 374 g/mol. The minimum atomic E-state index is -0.144. The highest BCUT2D eigenvalue weighted by Crippen LogP contribution is 2.24. The largest absolute Gasteiger partial charge is 0.343 e. The molecule has 1 aromatic carbocycles. The third kappa shape index (κ3) is 3.59. The van der Waals surface area contributed by atoms with E-state index >= 15 is 0 Å². The fourth-order valence-corrected chi connectivity index (χ4v) is 3.42. The van der Waals surface area contributed by atoms with E-state index in [0.29, 0.717) is 15.1 Å². The minimum Gasteiger partial charge on any atom is -0.343 e. The van der Waals surface area contributed by atoms with Gasteiger partial charge in [-0.3, -0.25) is 4.79 Å². The van der Waals surface area contributed by atoms with Crippen LogP contribution in [0.3, 0.4) is 0 Å². The number of carbonyl (C=O) groups is 1. The van der Waals surface area contributed by atoms with Crippen molar-refractivity contribution in [2.24, 2.45) is 0 Å². The summed E-state index contributed by atoms with van der Waals surface area (Å²) in [7, 11) is 0. The van der Waals surface area contributed by atoms with Gasteiger partial charge in [0.25, 0.3) is 5.91 Å². The van der Waals surface area contributed by atoms with Crippen LogP contribution >= 0.6 is 38.9 Å². The maximum absolute atomic E-state index is 12.2. The molecule has 0 bridgehead atoms. The van der Waals surface area contributed by atoms with Gasteiger partial charge in [-0.25, -0.2) is 4.98 Å². The first kappa shape index (κ1) is 15.5. The molecule has 2 rings (SSSR count). The maximum atomic E-state index is 12.2. The van der Waals surface area contributed by atoms with Gasteiger partial charge >= 0.3 is 0 Å². The molecule has 2 aromatic rings. The zero-order valence-electron chi connectivity index (χ0n) is 11.1. The fraction of sp³-hybridized carbons (Fsp3) is 0.286. The summed E-state index contributed by atoms with van der Waals surface area (Å²) >= 11 is 10.8. The van der Waals surface area contributed by atoms with E-state index in [1.54, 1.807) is 29.5 Å². The molecule has 0 saturated carbocycles. The molecule has 106 valence electrons. The van der Waals surface area contributed by atoms with Gasteiger partial charge in [0.05, 0.1) is 11.6 Å². The van der Waals surface area contributed by atoms with Crippen LogP contribution in [-0.4, -0.2) is 10.9 Å². The first-order chi connectivity index (χ1) is 9.51. The van der Waals surface area contributed by atoms with E-state index in [-0.39, 0.29) is 11.9 Å². The molecular weight excluding hydrogens is 360 g/mol. The Morgan fingerprint density at radius 2 is 2.30 bits per heavy atom. The van der Waals surface area contributed by atoms with Crippen molar-refractivity contribution >= 4 is 44.8 Å². The number of rotatable bonds is 4. The molecular formula is C14H14BrClN2OS. The van der Waals surface area contributed by atoms with E-state index in [4.69, 9.17) is 11.6 Å². The Labute approximate surface area is 135 Å². The summed E-state index contributed by atoms with van der Waals surface area (Å²) < 4.78 is 0.683. The lowest BCUT2D eigenvalue weighted by molar-refractivity contribution is 0.0939. The number of nitrogens with zero attached hydrogens (tertiary/aromatic N) is 1. The van der Waals surface area contributed by atoms with Gasteiger partial charge in [-0.2, -0.15) is 0 Å². The Morgan fingerprint density at radius 1 is 1.55 bits per heavy atom. The summed E-state index contributed by atoms with van der Waals surface area (Å²) in [5, 5.41) is 4.45. The number of amides is 1. The topological polar surface area (TPSA) is 42.0 Å². The van der Waals surface area contributed by atoms with E-state index in [9.17, 15) is 4.79 Å². The molecule has 1 aromatic heterocycles. The fourth-order valence-electron chi connectivity index (χ4n) is 1.70. The van der Waals surface area contributed by atoms with Crippen molar-refractivity contribution in [3.05, 3.63) is 49.3 Å². The lowest BCUT2D eigenvalue weighted by atomic mass is 10.2. The van der Waals surface area contributed by atoms with Crippen LogP contribution in [0.4, 0.5) is 0 Å². The van der Waals surface area contributed by atoms with Crippen molar-refractivity contribution in [2.75, 3.05) is 0 Å². The molecule has 0 aliphatic carbocycles. The predicted molar refractivity (Wildman–Crippen MR) is 86.5 cm³/mol. The minimum absolute atomic E-state index is 0.115. The van der Waals surface area contributed by atoms with E-state index in [0.717, 1.165) is 11.4 Å². The van der Waals surface area contributed by atoms with Crippen LogP contribution in [0.15, 0.2) is 28.9 Å². The molecule has 0 fully saturated rings. The molecule has 0 aliphatic rings. The van der Waals surface area contributed by atoms with Crippen LogP contribution in [0.5, 0.6) is 0 Å². The number of nitrogens with one attached hydrogen (secondary N) is 1. The first-order valence-corrected chi connectivity index (χ1v) is 8.20. The zero-order chi connectivity index (χ0) is 14.7. The normalized spacial score (nSPS) is 12.2. The second-order valence-corrected chi connectivity index (χ2v) is 6.78. The van der Waals surface area contributed by atoms with Crippen molar-refractivity contribution in [1.29, 1.82) is 0 Å². The van der Waals surface area contributed by atoms with Crippen molar-refractivity contribution in [1.82, 2.24) is 10.3 Å². The Bertz CT molecular complexity index is 629. The molecule has 0 radical (unpaired) electrons. The van der Waals surface area contributed by atoms with Gasteiger partial charge in [0.15, 0.2) is 0 Å². The summed E-state index contributed by atoms with van der Waals surface area (Å²) in [6.07, 6.45) is 2.82. The summed E-state index contributed by atoms with van der Waals surface area (Å²) in [4.78, 5) is 17.8. The van der Waals surface area contributed by atoms with Gasteiger partial charge in [0.1, 0.15) is 5.01 Å². The number of hydrogen-bond acceptors (Lipinski definition) is 3. The van der Waals surface area contributed by atoms with Crippen LogP contribution < -0.4 is 5.32 Å². The standard InChI is InChI=1S/C14H14BrClN2OS/c1-3-10-7-17-14(20-10)8(2)18-13(19)11-5-4-9(16)6-12(11)15/h4-8H,3H2,1-2H3,(H,18,19). The third-order valence-corrected chi connectivity index (χ3v) is 5.03. The average Bonchev–Trinajstić information content (AvgIpc) is 2.87. The highest BCUT2D eigenvalue weighted by molar-refractivity contribution is 9.10. The number of hydrogen-bond donors (Lipinski definition) is 1. The Hall–Kier alpha value is -0.910. The Balaban J connectivity index is 2.10. The summed E-state index contributed by atoms with van der Waals surface area (Å²) in [6, 6.07) is 4.99. The molecule has 0 aliphatic heterocycles. The molecule has 0 saturated heterocycles. The maximum Gasteiger partial charge on any atom is 0.252 e. The highest BCUT2D eigenvalue weighted by Gasteiger charge is 2.16. The predicted octanol–water partition coefficient (Wildman–Crippen LogP) is 4.61. The van der Waals surface area contributed by atoms with Gasteiger partial charge < -0.3 is 5.32 Å². The molecule has 1 heterocycles. The van der Waals surface area contributed by atoms with Crippen LogP contribution in [0.1, 0.15) is 40.1 Å². The monoisotopic (exact) mass is 372 g/mol. The molecule has 3 nitrogen and oxygen atoms in total. The molecule has 1 atom stereocenters. The van der Waals surface area contributed by atoms with E-state index in [2.05, 4.69) is 33.2 Å². The molecule has 20 heavy (non-hydrogen) atoms. The van der Waals surface area contributed by atoms with Crippen molar-refractivity contribution in [3.8, 4) is 0 Å². The molecule has 1 unspecified atom stereocenters. The molecule has 1 N–H and O–H groups in total. The molecule has 0 spiro atoms.